The minimum atomic E-state index is -3.33. The summed E-state index contributed by atoms with van der Waals surface area (Å²) >= 11 is 5.61. The van der Waals surface area contributed by atoms with Gasteiger partial charge in [-0.25, -0.2) is 8.42 Å². The van der Waals surface area contributed by atoms with Crippen LogP contribution in [-0.2, 0) is 10.0 Å². The summed E-state index contributed by atoms with van der Waals surface area (Å²) in [5, 5.41) is 9.64. The lowest BCUT2D eigenvalue weighted by molar-refractivity contribution is 0.0601. The topological polar surface area (TPSA) is 57.6 Å². The number of hydrogen-bond acceptors (Lipinski definition) is 3. The van der Waals surface area contributed by atoms with Crippen molar-refractivity contribution in [2.45, 2.75) is 33.3 Å². The molecule has 0 aromatic rings. The van der Waals surface area contributed by atoms with E-state index in [9.17, 15) is 13.5 Å². The first-order chi connectivity index (χ1) is 7.12. The maximum Gasteiger partial charge on any atom is 0.214 e. The maximum atomic E-state index is 12.0. The van der Waals surface area contributed by atoms with Crippen LogP contribution in [-0.4, -0.2) is 48.2 Å². The maximum absolute atomic E-state index is 12.0. The van der Waals surface area contributed by atoms with Gasteiger partial charge in [0.25, 0.3) is 0 Å². The van der Waals surface area contributed by atoms with Gasteiger partial charge in [-0.15, -0.1) is 11.6 Å². The zero-order valence-electron chi connectivity index (χ0n) is 10.4. The number of rotatable bonds is 7. The van der Waals surface area contributed by atoms with E-state index in [1.54, 1.807) is 27.7 Å². The van der Waals surface area contributed by atoms with Gasteiger partial charge in [0.05, 0.1) is 11.4 Å². The molecule has 98 valence electrons. The second kappa shape index (κ2) is 6.19. The van der Waals surface area contributed by atoms with Crippen LogP contribution in [0.5, 0.6) is 0 Å². The van der Waals surface area contributed by atoms with E-state index in [2.05, 4.69) is 0 Å². The molecule has 0 aromatic carbocycles. The van der Waals surface area contributed by atoms with Crippen LogP contribution in [0.2, 0.25) is 0 Å². The van der Waals surface area contributed by atoms with Gasteiger partial charge >= 0.3 is 0 Å². The van der Waals surface area contributed by atoms with Crippen molar-refractivity contribution in [2.24, 2.45) is 5.92 Å². The standard InChI is InChI=1S/C10H22ClNO3S/c1-5-12(8-10(3,4)13)16(14,15)7-9(2)6-11/h9,13H,5-8H2,1-4H3. The summed E-state index contributed by atoms with van der Waals surface area (Å²) in [5.41, 5.74) is -1.02. The number of sulfonamides is 1. The molecule has 0 aromatic heterocycles. The molecule has 0 spiro atoms. The minimum absolute atomic E-state index is 0.0282. The fourth-order valence-electron chi connectivity index (χ4n) is 1.35. The molecule has 0 fully saturated rings. The molecule has 4 nitrogen and oxygen atoms in total. The van der Waals surface area contributed by atoms with Gasteiger partial charge in [0.15, 0.2) is 0 Å². The summed E-state index contributed by atoms with van der Waals surface area (Å²) in [6.07, 6.45) is 0. The second-order valence-electron chi connectivity index (χ2n) is 4.78. The Labute approximate surface area is 104 Å². The Morgan fingerprint density at radius 3 is 2.25 bits per heavy atom. The summed E-state index contributed by atoms with van der Waals surface area (Å²) in [6.45, 7) is 7.21. The van der Waals surface area contributed by atoms with Crippen LogP contribution in [0.15, 0.2) is 0 Å². The van der Waals surface area contributed by atoms with Gasteiger partial charge in [-0.1, -0.05) is 13.8 Å². The Bertz CT molecular complexity index is 298. The van der Waals surface area contributed by atoms with E-state index in [0.29, 0.717) is 12.4 Å². The van der Waals surface area contributed by atoms with Crippen molar-refractivity contribution < 1.29 is 13.5 Å². The quantitative estimate of drug-likeness (QED) is 0.710. The fourth-order valence-corrected chi connectivity index (χ4v) is 3.54. The molecule has 0 saturated carbocycles. The molecule has 0 rings (SSSR count). The summed E-state index contributed by atoms with van der Waals surface area (Å²) in [4.78, 5) is 0. The third-order valence-corrected chi connectivity index (χ3v) is 4.76. The van der Waals surface area contributed by atoms with Crippen LogP contribution in [0, 0.1) is 5.92 Å². The molecule has 1 unspecified atom stereocenters. The van der Waals surface area contributed by atoms with Crippen molar-refractivity contribution >= 4 is 21.6 Å². The molecule has 0 aliphatic heterocycles. The van der Waals surface area contributed by atoms with Crippen molar-refractivity contribution in [3.63, 3.8) is 0 Å². The van der Waals surface area contributed by atoms with E-state index >= 15 is 0 Å². The summed E-state index contributed by atoms with van der Waals surface area (Å²) < 4.78 is 25.2. The highest BCUT2D eigenvalue weighted by Gasteiger charge is 2.27. The predicted octanol–water partition coefficient (Wildman–Crippen LogP) is 1.28. The lowest BCUT2D eigenvalue weighted by atomic mass is 10.1. The number of alkyl halides is 1. The molecule has 0 heterocycles. The molecule has 1 N–H and O–H groups in total. The summed E-state index contributed by atoms with van der Waals surface area (Å²) in [7, 11) is -3.33. The van der Waals surface area contributed by atoms with Gasteiger partial charge in [-0.3, -0.25) is 0 Å². The molecule has 1 atom stereocenters. The average Bonchev–Trinajstić information content (AvgIpc) is 2.11. The van der Waals surface area contributed by atoms with Crippen molar-refractivity contribution in [3.8, 4) is 0 Å². The van der Waals surface area contributed by atoms with Gasteiger partial charge in [-0.2, -0.15) is 4.31 Å². The Morgan fingerprint density at radius 2 is 1.94 bits per heavy atom. The number of likely N-dealkylation sites (N-methyl/N-ethyl adjacent to an activating group) is 1. The van der Waals surface area contributed by atoms with E-state index in [-0.39, 0.29) is 18.2 Å². The van der Waals surface area contributed by atoms with Gasteiger partial charge in [0, 0.05) is 19.0 Å². The van der Waals surface area contributed by atoms with Gasteiger partial charge < -0.3 is 5.11 Å². The number of halogens is 1. The van der Waals surface area contributed by atoms with Crippen molar-refractivity contribution in [1.82, 2.24) is 4.31 Å². The van der Waals surface area contributed by atoms with Crippen LogP contribution >= 0.6 is 11.6 Å². The average molecular weight is 272 g/mol. The predicted molar refractivity (Wildman–Crippen MR) is 67.2 cm³/mol. The number of hydrogen-bond donors (Lipinski definition) is 1. The first kappa shape index (κ1) is 16.2. The second-order valence-corrected chi connectivity index (χ2v) is 7.10. The largest absolute Gasteiger partial charge is 0.389 e. The SMILES string of the molecule is CCN(CC(C)(C)O)S(=O)(=O)CC(C)CCl. The molecule has 0 aliphatic rings. The van der Waals surface area contributed by atoms with Crippen molar-refractivity contribution in [2.75, 3.05) is 24.7 Å². The van der Waals surface area contributed by atoms with Crippen molar-refractivity contribution in [3.05, 3.63) is 0 Å². The van der Waals surface area contributed by atoms with Crippen LogP contribution in [0.3, 0.4) is 0 Å². The van der Waals surface area contributed by atoms with Crippen molar-refractivity contribution in [1.29, 1.82) is 0 Å². The van der Waals surface area contributed by atoms with Crippen LogP contribution < -0.4 is 0 Å². The van der Waals surface area contributed by atoms with E-state index in [1.807, 2.05) is 0 Å². The van der Waals surface area contributed by atoms with E-state index in [1.165, 1.54) is 4.31 Å². The van der Waals surface area contributed by atoms with E-state index in [4.69, 9.17) is 11.6 Å². The number of aliphatic hydroxyl groups is 1. The molecule has 0 aliphatic carbocycles. The Kier molecular flexibility index (Phi) is 6.25. The zero-order valence-corrected chi connectivity index (χ0v) is 12.0. The summed E-state index contributed by atoms with van der Waals surface area (Å²) in [6, 6.07) is 0. The molecule has 0 bridgehead atoms. The highest BCUT2D eigenvalue weighted by Crippen LogP contribution is 2.13. The Balaban J connectivity index is 4.69. The van der Waals surface area contributed by atoms with Crippen LogP contribution in [0.1, 0.15) is 27.7 Å². The van der Waals surface area contributed by atoms with Crippen LogP contribution in [0.4, 0.5) is 0 Å². The lowest BCUT2D eigenvalue weighted by Gasteiger charge is -2.28. The van der Waals surface area contributed by atoms with Gasteiger partial charge in [0.1, 0.15) is 0 Å². The van der Waals surface area contributed by atoms with Gasteiger partial charge in [0.2, 0.25) is 10.0 Å². The third-order valence-electron chi connectivity index (χ3n) is 2.07. The zero-order chi connectivity index (χ0) is 13.0. The first-order valence-corrected chi connectivity index (χ1v) is 7.53. The normalized spacial score (nSPS) is 15.4. The highest BCUT2D eigenvalue weighted by molar-refractivity contribution is 7.89. The third kappa shape index (κ3) is 6.03. The summed E-state index contributed by atoms with van der Waals surface area (Å²) in [5.74, 6) is 0.266. The fraction of sp³-hybridized carbons (Fsp3) is 1.00. The Morgan fingerprint density at radius 1 is 1.44 bits per heavy atom. The molecular weight excluding hydrogens is 250 g/mol. The number of nitrogens with zero attached hydrogens (tertiary/aromatic N) is 1. The van der Waals surface area contributed by atoms with E-state index < -0.39 is 15.6 Å². The van der Waals surface area contributed by atoms with Crippen LogP contribution in [0.25, 0.3) is 0 Å². The molecular formula is C10H22ClNO3S. The lowest BCUT2D eigenvalue weighted by Crippen LogP contribution is -2.43. The molecule has 6 heteroatoms. The minimum Gasteiger partial charge on any atom is -0.389 e. The highest BCUT2D eigenvalue weighted by atomic mass is 35.5. The first-order valence-electron chi connectivity index (χ1n) is 5.38. The molecule has 0 amide bonds. The molecule has 16 heavy (non-hydrogen) atoms. The Hall–Kier alpha value is 0.160. The van der Waals surface area contributed by atoms with E-state index in [0.717, 1.165) is 0 Å². The molecule has 0 radical (unpaired) electrons. The monoisotopic (exact) mass is 271 g/mol. The van der Waals surface area contributed by atoms with Gasteiger partial charge in [-0.05, 0) is 19.8 Å². The molecule has 0 saturated heterocycles. The smallest absolute Gasteiger partial charge is 0.214 e.